The van der Waals surface area contributed by atoms with Gasteiger partial charge in [0.1, 0.15) is 6.04 Å². The summed E-state index contributed by atoms with van der Waals surface area (Å²) in [6, 6.07) is 15.4. The maximum Gasteiger partial charge on any atom is 0.265 e. The summed E-state index contributed by atoms with van der Waals surface area (Å²) in [4.78, 5) is 29.1. The minimum atomic E-state index is -3.72. The fraction of sp³-hybridized carbons (Fsp3) is 0.419. The van der Waals surface area contributed by atoms with Gasteiger partial charge in [-0.05, 0) is 55.3 Å². The van der Waals surface area contributed by atoms with E-state index in [1.807, 2.05) is 25.1 Å². The highest BCUT2D eigenvalue weighted by Gasteiger charge is 2.36. The highest BCUT2D eigenvalue weighted by molar-refractivity contribution is 7.93. The standard InChI is InChI=1S/C31H35Cl2N3O4S/c1-2-26(31(38)34-22-12-4-3-5-13-22)35(20-23-24(32)14-8-15-25(23)33)29(37)18-9-19-36-27-16-6-10-21-11-7-17-28(30(21)27)41(36,39)40/h6-8,10-11,14-17,22,26H,2-5,9,12-13,18-20H2,1H3,(H,34,38)/t26-/m0/s1. The number of sulfonamides is 1. The zero-order chi connectivity index (χ0) is 29.1. The lowest BCUT2D eigenvalue weighted by Crippen LogP contribution is -2.51. The molecule has 1 aliphatic heterocycles. The molecule has 1 fully saturated rings. The van der Waals surface area contributed by atoms with E-state index < -0.39 is 16.1 Å². The molecule has 0 aromatic heterocycles. The van der Waals surface area contributed by atoms with Crippen molar-refractivity contribution in [2.45, 2.75) is 81.8 Å². The Hall–Kier alpha value is -2.81. The molecule has 0 spiro atoms. The Morgan fingerprint density at radius 2 is 1.66 bits per heavy atom. The van der Waals surface area contributed by atoms with Crippen LogP contribution in [0.3, 0.4) is 0 Å². The summed E-state index contributed by atoms with van der Waals surface area (Å²) in [7, 11) is -3.72. The number of carbonyl (C=O) groups excluding carboxylic acids is 2. The van der Waals surface area contributed by atoms with Crippen LogP contribution in [0.15, 0.2) is 59.5 Å². The number of nitrogens with one attached hydrogen (secondary N) is 1. The molecule has 218 valence electrons. The quantitative estimate of drug-likeness (QED) is 0.275. The molecule has 41 heavy (non-hydrogen) atoms. The molecule has 0 bridgehead atoms. The fourth-order valence-electron chi connectivity index (χ4n) is 6.03. The third kappa shape index (κ3) is 6.06. The molecule has 1 heterocycles. The summed E-state index contributed by atoms with van der Waals surface area (Å²) in [5.74, 6) is -0.431. The van der Waals surface area contributed by atoms with Crippen molar-refractivity contribution in [3.05, 3.63) is 70.2 Å². The molecule has 1 N–H and O–H groups in total. The van der Waals surface area contributed by atoms with Crippen molar-refractivity contribution in [2.24, 2.45) is 0 Å². The predicted octanol–water partition coefficient (Wildman–Crippen LogP) is 6.69. The molecule has 1 saturated carbocycles. The minimum Gasteiger partial charge on any atom is -0.352 e. The van der Waals surface area contributed by atoms with Gasteiger partial charge in [-0.25, -0.2) is 8.42 Å². The third-order valence-electron chi connectivity index (χ3n) is 8.16. The summed E-state index contributed by atoms with van der Waals surface area (Å²) in [6.07, 6.45) is 5.98. The van der Waals surface area contributed by atoms with E-state index in [1.54, 1.807) is 41.3 Å². The number of halogens is 2. The average molecular weight is 617 g/mol. The molecule has 3 aromatic rings. The molecule has 3 aromatic carbocycles. The maximum atomic E-state index is 13.8. The van der Waals surface area contributed by atoms with Gasteiger partial charge < -0.3 is 10.2 Å². The zero-order valence-electron chi connectivity index (χ0n) is 23.1. The number of rotatable bonds is 10. The van der Waals surface area contributed by atoms with Crippen molar-refractivity contribution < 1.29 is 18.0 Å². The van der Waals surface area contributed by atoms with Gasteiger partial charge in [0.25, 0.3) is 10.0 Å². The van der Waals surface area contributed by atoms with Crippen LogP contribution < -0.4 is 9.62 Å². The summed E-state index contributed by atoms with van der Waals surface area (Å²) in [5, 5.41) is 5.58. The number of anilines is 1. The third-order valence-corrected chi connectivity index (χ3v) is 10.7. The van der Waals surface area contributed by atoms with E-state index >= 15 is 0 Å². The van der Waals surface area contributed by atoms with Gasteiger partial charge in [-0.3, -0.25) is 13.9 Å². The van der Waals surface area contributed by atoms with E-state index in [0.717, 1.165) is 31.1 Å². The van der Waals surface area contributed by atoms with Crippen molar-refractivity contribution in [1.82, 2.24) is 10.2 Å². The summed E-state index contributed by atoms with van der Waals surface area (Å²) in [6.45, 7) is 2.11. The molecule has 10 heteroatoms. The number of nitrogens with zero attached hydrogens (tertiary/aromatic N) is 2. The Balaban J connectivity index is 1.34. The van der Waals surface area contributed by atoms with Crippen molar-refractivity contribution >= 4 is 61.5 Å². The minimum absolute atomic E-state index is 0.0631. The summed E-state index contributed by atoms with van der Waals surface area (Å²) < 4.78 is 28.1. The Labute approximate surface area is 251 Å². The Bertz CT molecular complexity index is 1530. The molecular weight excluding hydrogens is 581 g/mol. The number of hydrogen-bond acceptors (Lipinski definition) is 4. The van der Waals surface area contributed by atoms with E-state index in [4.69, 9.17) is 23.2 Å². The largest absolute Gasteiger partial charge is 0.352 e. The topological polar surface area (TPSA) is 86.8 Å². The Kier molecular flexibility index (Phi) is 9.12. The lowest BCUT2D eigenvalue weighted by molar-refractivity contribution is -0.141. The van der Waals surface area contributed by atoms with Crippen molar-refractivity contribution in [1.29, 1.82) is 0 Å². The molecule has 0 saturated heterocycles. The SMILES string of the molecule is CC[C@@H](C(=O)NC1CCCCC1)N(Cc1c(Cl)cccc1Cl)C(=O)CCCN1c2cccc3cccc(c23)S1(=O)=O. The molecule has 2 aliphatic rings. The second-order valence-electron chi connectivity index (χ2n) is 10.8. The van der Waals surface area contributed by atoms with Crippen LogP contribution >= 0.6 is 23.2 Å². The highest BCUT2D eigenvalue weighted by atomic mass is 35.5. The Morgan fingerprint density at radius 3 is 2.34 bits per heavy atom. The maximum absolute atomic E-state index is 13.8. The zero-order valence-corrected chi connectivity index (χ0v) is 25.4. The molecule has 0 radical (unpaired) electrons. The van der Waals surface area contributed by atoms with E-state index in [0.29, 0.717) is 33.1 Å². The lowest BCUT2D eigenvalue weighted by atomic mass is 9.95. The van der Waals surface area contributed by atoms with Gasteiger partial charge in [0.05, 0.1) is 10.6 Å². The van der Waals surface area contributed by atoms with E-state index in [-0.39, 0.29) is 48.7 Å². The number of hydrogen-bond donors (Lipinski definition) is 1. The van der Waals surface area contributed by atoms with Crippen LogP contribution in [0.4, 0.5) is 5.69 Å². The van der Waals surface area contributed by atoms with Crippen molar-refractivity contribution in [2.75, 3.05) is 10.8 Å². The van der Waals surface area contributed by atoms with Crippen LogP contribution in [0.2, 0.25) is 10.0 Å². The van der Waals surface area contributed by atoms with E-state index in [1.165, 1.54) is 10.7 Å². The highest BCUT2D eigenvalue weighted by Crippen LogP contribution is 2.42. The molecule has 2 amide bonds. The summed E-state index contributed by atoms with van der Waals surface area (Å²) >= 11 is 12.9. The molecule has 1 atom stereocenters. The first kappa shape index (κ1) is 29.7. The predicted molar refractivity (Wildman–Crippen MR) is 164 cm³/mol. The second kappa shape index (κ2) is 12.6. The van der Waals surface area contributed by atoms with Gasteiger partial charge in [-0.2, -0.15) is 0 Å². The van der Waals surface area contributed by atoms with Crippen LogP contribution in [-0.4, -0.2) is 43.8 Å². The van der Waals surface area contributed by atoms with Gasteiger partial charge in [-0.1, -0.05) is 79.7 Å². The van der Waals surface area contributed by atoms with Gasteiger partial charge in [0.15, 0.2) is 0 Å². The fourth-order valence-corrected chi connectivity index (χ4v) is 8.30. The second-order valence-corrected chi connectivity index (χ2v) is 13.4. The number of amides is 2. The van der Waals surface area contributed by atoms with E-state index in [9.17, 15) is 18.0 Å². The Morgan fingerprint density at radius 1 is 1.00 bits per heavy atom. The summed E-state index contributed by atoms with van der Waals surface area (Å²) in [5.41, 5.74) is 1.21. The van der Waals surface area contributed by atoms with Crippen LogP contribution in [0.1, 0.15) is 63.9 Å². The van der Waals surface area contributed by atoms with Crippen LogP contribution in [0.25, 0.3) is 10.8 Å². The van der Waals surface area contributed by atoms with Crippen LogP contribution in [0, 0.1) is 0 Å². The van der Waals surface area contributed by atoms with Gasteiger partial charge in [0, 0.05) is 46.5 Å². The average Bonchev–Trinajstić information content (AvgIpc) is 3.18. The van der Waals surface area contributed by atoms with Crippen LogP contribution in [-0.2, 0) is 26.2 Å². The first-order valence-corrected chi connectivity index (χ1v) is 16.5. The lowest BCUT2D eigenvalue weighted by Gasteiger charge is -2.33. The van der Waals surface area contributed by atoms with Gasteiger partial charge in [0.2, 0.25) is 11.8 Å². The first-order valence-electron chi connectivity index (χ1n) is 14.3. The normalized spacial score (nSPS) is 17.0. The molecule has 5 rings (SSSR count). The van der Waals surface area contributed by atoms with Crippen molar-refractivity contribution in [3.8, 4) is 0 Å². The monoisotopic (exact) mass is 615 g/mol. The van der Waals surface area contributed by atoms with E-state index in [2.05, 4.69) is 5.32 Å². The number of benzene rings is 3. The molecule has 1 aliphatic carbocycles. The molecule has 0 unspecified atom stereocenters. The van der Waals surface area contributed by atoms with Gasteiger partial charge >= 0.3 is 0 Å². The molecular formula is C31H35Cl2N3O4S. The van der Waals surface area contributed by atoms with Crippen LogP contribution in [0.5, 0.6) is 0 Å². The number of carbonyl (C=O) groups is 2. The smallest absolute Gasteiger partial charge is 0.265 e. The van der Waals surface area contributed by atoms with Gasteiger partial charge in [-0.15, -0.1) is 0 Å². The molecule has 7 nitrogen and oxygen atoms in total. The first-order chi connectivity index (χ1) is 19.7. The van der Waals surface area contributed by atoms with Crippen molar-refractivity contribution in [3.63, 3.8) is 0 Å².